The van der Waals surface area contributed by atoms with Crippen LogP contribution < -0.4 is 4.74 Å². The zero-order chi connectivity index (χ0) is 18.5. The number of aromatic nitrogens is 2. The number of carbonyl (C=O) groups is 1. The van der Waals surface area contributed by atoms with E-state index in [1.165, 1.54) is 19.3 Å². The van der Waals surface area contributed by atoms with Gasteiger partial charge in [-0.2, -0.15) is 4.98 Å². The summed E-state index contributed by atoms with van der Waals surface area (Å²) >= 11 is 0. The monoisotopic (exact) mass is 357 g/mol. The van der Waals surface area contributed by atoms with Crippen molar-refractivity contribution in [3.63, 3.8) is 0 Å². The lowest BCUT2D eigenvalue weighted by Crippen LogP contribution is -2.43. The normalized spacial score (nSPS) is 15.2. The first-order chi connectivity index (χ1) is 12.6. The fourth-order valence-corrected chi connectivity index (χ4v) is 3.43. The van der Waals surface area contributed by atoms with Crippen LogP contribution in [0.4, 0.5) is 0 Å². The molecule has 140 valence electrons. The molecule has 1 aromatic heterocycles. The van der Waals surface area contributed by atoms with Crippen molar-refractivity contribution in [1.29, 1.82) is 0 Å². The molecule has 1 aliphatic rings. The van der Waals surface area contributed by atoms with Crippen LogP contribution in [0.2, 0.25) is 0 Å². The summed E-state index contributed by atoms with van der Waals surface area (Å²) in [6.07, 6.45) is 5.71. The third-order valence-electron chi connectivity index (χ3n) is 4.91. The van der Waals surface area contributed by atoms with Crippen LogP contribution in [0.1, 0.15) is 51.8 Å². The minimum Gasteiger partial charge on any atom is -0.497 e. The van der Waals surface area contributed by atoms with Crippen LogP contribution in [0.25, 0.3) is 11.4 Å². The Kier molecular flexibility index (Phi) is 5.91. The van der Waals surface area contributed by atoms with E-state index < -0.39 is 0 Å². The Balaban J connectivity index is 1.76. The number of hydrogen-bond acceptors (Lipinski definition) is 5. The number of benzene rings is 1. The van der Waals surface area contributed by atoms with Crippen LogP contribution in [0.3, 0.4) is 0 Å². The van der Waals surface area contributed by atoms with E-state index in [0.717, 1.165) is 24.2 Å². The molecule has 0 unspecified atom stereocenters. The van der Waals surface area contributed by atoms with Crippen LogP contribution in [0.5, 0.6) is 5.75 Å². The highest BCUT2D eigenvalue weighted by molar-refractivity contribution is 5.78. The second kappa shape index (κ2) is 8.34. The van der Waals surface area contributed by atoms with E-state index in [0.29, 0.717) is 18.3 Å². The molecule has 1 fully saturated rings. The zero-order valence-electron chi connectivity index (χ0n) is 15.8. The van der Waals surface area contributed by atoms with Gasteiger partial charge in [0.25, 0.3) is 0 Å². The first-order valence-corrected chi connectivity index (χ1v) is 9.36. The molecule has 6 nitrogen and oxygen atoms in total. The Hall–Kier alpha value is -2.37. The highest BCUT2D eigenvalue weighted by Crippen LogP contribution is 2.26. The lowest BCUT2D eigenvalue weighted by Gasteiger charge is -2.34. The second-order valence-electron chi connectivity index (χ2n) is 7.15. The van der Waals surface area contributed by atoms with Crippen molar-refractivity contribution >= 4 is 5.91 Å². The molecule has 1 heterocycles. The maximum atomic E-state index is 12.7. The molecule has 26 heavy (non-hydrogen) atoms. The maximum absolute atomic E-state index is 12.7. The molecule has 0 atom stereocenters. The minimum atomic E-state index is -0.0408. The van der Waals surface area contributed by atoms with Crippen LogP contribution in [0, 0.1) is 5.92 Å². The van der Waals surface area contributed by atoms with Crippen LogP contribution in [0.15, 0.2) is 28.8 Å². The number of nitrogens with zero attached hydrogens (tertiary/aromatic N) is 3. The first kappa shape index (κ1) is 18.4. The maximum Gasteiger partial charge on any atom is 0.246 e. The van der Waals surface area contributed by atoms with E-state index in [9.17, 15) is 4.79 Å². The van der Waals surface area contributed by atoms with Gasteiger partial charge in [0.1, 0.15) is 12.3 Å². The fourth-order valence-electron chi connectivity index (χ4n) is 3.43. The molecule has 0 saturated heterocycles. The topological polar surface area (TPSA) is 68.5 Å². The SMILES string of the molecule is COc1ccc(-c2noc(CN(C(=O)C(C)C)C3CCCCC3)n2)cc1. The summed E-state index contributed by atoms with van der Waals surface area (Å²) in [5.41, 5.74) is 0.861. The van der Waals surface area contributed by atoms with Crippen LogP contribution >= 0.6 is 0 Å². The predicted octanol–water partition coefficient (Wildman–Crippen LogP) is 4.06. The van der Waals surface area contributed by atoms with Crippen LogP contribution in [-0.4, -0.2) is 34.1 Å². The van der Waals surface area contributed by atoms with Gasteiger partial charge in [-0.3, -0.25) is 4.79 Å². The fraction of sp³-hybridized carbons (Fsp3) is 0.550. The lowest BCUT2D eigenvalue weighted by atomic mass is 9.93. The Morgan fingerprint density at radius 1 is 1.23 bits per heavy atom. The molecule has 0 bridgehead atoms. The van der Waals surface area contributed by atoms with Crippen molar-refractivity contribution in [3.05, 3.63) is 30.2 Å². The number of ether oxygens (including phenoxy) is 1. The summed E-state index contributed by atoms with van der Waals surface area (Å²) in [4.78, 5) is 19.2. The highest BCUT2D eigenvalue weighted by Gasteiger charge is 2.28. The Morgan fingerprint density at radius 2 is 1.92 bits per heavy atom. The minimum absolute atomic E-state index is 0.0408. The van der Waals surface area contributed by atoms with Gasteiger partial charge < -0.3 is 14.2 Å². The van der Waals surface area contributed by atoms with Crippen molar-refractivity contribution < 1.29 is 14.1 Å². The van der Waals surface area contributed by atoms with Gasteiger partial charge >= 0.3 is 0 Å². The molecule has 0 N–H and O–H groups in total. The number of rotatable bonds is 6. The molecule has 1 aromatic carbocycles. The molecule has 0 spiro atoms. The van der Waals surface area contributed by atoms with Gasteiger partial charge in [0.2, 0.25) is 17.6 Å². The van der Waals surface area contributed by atoms with E-state index in [2.05, 4.69) is 10.1 Å². The van der Waals surface area contributed by atoms with Crippen molar-refractivity contribution in [2.45, 2.75) is 58.5 Å². The third-order valence-corrected chi connectivity index (χ3v) is 4.91. The van der Waals surface area contributed by atoms with Crippen molar-refractivity contribution in [1.82, 2.24) is 15.0 Å². The van der Waals surface area contributed by atoms with Crippen molar-refractivity contribution in [2.75, 3.05) is 7.11 Å². The summed E-state index contributed by atoms with van der Waals surface area (Å²) in [5.74, 6) is 1.91. The van der Waals surface area contributed by atoms with Gasteiger partial charge in [0.05, 0.1) is 7.11 Å². The summed E-state index contributed by atoms with van der Waals surface area (Å²) in [6, 6.07) is 7.79. The zero-order valence-corrected chi connectivity index (χ0v) is 15.8. The smallest absolute Gasteiger partial charge is 0.246 e. The number of carbonyl (C=O) groups excluding carboxylic acids is 1. The molecule has 3 rings (SSSR count). The molecule has 1 amide bonds. The lowest BCUT2D eigenvalue weighted by molar-refractivity contribution is -0.138. The van der Waals surface area contributed by atoms with Gasteiger partial charge in [-0.25, -0.2) is 0 Å². The molecule has 2 aromatic rings. The van der Waals surface area contributed by atoms with E-state index in [1.54, 1.807) is 7.11 Å². The number of methoxy groups -OCH3 is 1. The van der Waals surface area contributed by atoms with Gasteiger partial charge in [0.15, 0.2) is 0 Å². The predicted molar refractivity (Wildman–Crippen MR) is 98.5 cm³/mol. The van der Waals surface area contributed by atoms with E-state index in [1.807, 2.05) is 43.0 Å². The van der Waals surface area contributed by atoms with E-state index in [-0.39, 0.29) is 17.9 Å². The molecule has 1 aliphatic carbocycles. The first-order valence-electron chi connectivity index (χ1n) is 9.36. The molecule has 0 aliphatic heterocycles. The summed E-state index contributed by atoms with van der Waals surface area (Å²) in [6.45, 7) is 4.26. The average Bonchev–Trinajstić information content (AvgIpc) is 3.15. The average molecular weight is 357 g/mol. The second-order valence-corrected chi connectivity index (χ2v) is 7.15. The van der Waals surface area contributed by atoms with Gasteiger partial charge in [-0.15, -0.1) is 0 Å². The van der Waals surface area contributed by atoms with Gasteiger partial charge in [-0.05, 0) is 37.1 Å². The highest BCUT2D eigenvalue weighted by atomic mass is 16.5. The van der Waals surface area contributed by atoms with Crippen molar-refractivity contribution in [2.24, 2.45) is 5.92 Å². The quantitative estimate of drug-likeness (QED) is 0.780. The third kappa shape index (κ3) is 4.23. The van der Waals surface area contributed by atoms with Gasteiger partial charge in [0, 0.05) is 17.5 Å². The van der Waals surface area contributed by atoms with Gasteiger partial charge in [-0.1, -0.05) is 38.3 Å². The summed E-state index contributed by atoms with van der Waals surface area (Å²) < 4.78 is 10.6. The largest absolute Gasteiger partial charge is 0.497 e. The number of amides is 1. The van der Waals surface area contributed by atoms with E-state index >= 15 is 0 Å². The Labute approximate surface area is 154 Å². The number of hydrogen-bond donors (Lipinski definition) is 0. The molecule has 0 radical (unpaired) electrons. The molecule has 1 saturated carbocycles. The molecular weight excluding hydrogens is 330 g/mol. The summed E-state index contributed by atoms with van der Waals surface area (Å²) in [7, 11) is 1.63. The van der Waals surface area contributed by atoms with E-state index in [4.69, 9.17) is 9.26 Å². The Morgan fingerprint density at radius 3 is 2.54 bits per heavy atom. The Bertz CT molecular complexity index is 718. The van der Waals surface area contributed by atoms with Crippen molar-refractivity contribution in [3.8, 4) is 17.1 Å². The summed E-state index contributed by atoms with van der Waals surface area (Å²) in [5, 5.41) is 4.08. The standard InChI is InChI=1S/C20H27N3O3/c1-14(2)20(24)23(16-7-5-4-6-8-16)13-18-21-19(22-26-18)15-9-11-17(25-3)12-10-15/h9-12,14,16H,4-8,13H2,1-3H3. The molecule has 6 heteroatoms. The van der Waals surface area contributed by atoms with Crippen LogP contribution in [-0.2, 0) is 11.3 Å². The molecular formula is C20H27N3O3.